The number of amides is 2. The Labute approximate surface area is 205 Å². The van der Waals surface area contributed by atoms with Gasteiger partial charge in [-0.05, 0) is 78.0 Å². The summed E-state index contributed by atoms with van der Waals surface area (Å²) in [6.07, 6.45) is 1.60. The van der Waals surface area contributed by atoms with Gasteiger partial charge in [-0.1, -0.05) is 28.1 Å². The molecular formula is C24H13BrF2N4O2S. The van der Waals surface area contributed by atoms with E-state index in [1.54, 1.807) is 36.4 Å². The summed E-state index contributed by atoms with van der Waals surface area (Å²) in [6, 6.07) is 16.3. The van der Waals surface area contributed by atoms with Crippen molar-refractivity contribution >= 4 is 67.8 Å². The molecule has 0 radical (unpaired) electrons. The van der Waals surface area contributed by atoms with Crippen LogP contribution in [0.5, 0.6) is 0 Å². The largest absolute Gasteiger partial charge is 0.320 e. The van der Waals surface area contributed by atoms with E-state index in [2.05, 4.69) is 31.4 Å². The molecule has 0 aromatic heterocycles. The molecule has 2 aliphatic rings. The summed E-state index contributed by atoms with van der Waals surface area (Å²) in [5, 5.41) is 11.3. The first-order valence-corrected chi connectivity index (χ1v) is 11.5. The number of hydrogen-bond acceptors (Lipinski definition) is 5. The van der Waals surface area contributed by atoms with Gasteiger partial charge in [0.2, 0.25) is 5.17 Å². The fraction of sp³-hybridized carbons (Fsp3) is 0. The Bertz CT molecular complexity index is 1420. The van der Waals surface area contributed by atoms with Crippen LogP contribution in [0.4, 0.5) is 20.2 Å². The third-order valence-corrected chi connectivity index (χ3v) is 6.45. The van der Waals surface area contributed by atoms with Gasteiger partial charge in [-0.15, -0.1) is 10.2 Å². The average molecular weight is 539 g/mol. The number of anilines is 2. The highest BCUT2D eigenvalue weighted by Gasteiger charge is 2.35. The first-order chi connectivity index (χ1) is 16.4. The number of carbonyl (C=O) groups excluding carboxylic acids is 2. The summed E-state index contributed by atoms with van der Waals surface area (Å²) in [7, 11) is 0. The molecular weight excluding hydrogens is 526 g/mol. The summed E-state index contributed by atoms with van der Waals surface area (Å²) in [6.45, 7) is 0. The lowest BCUT2D eigenvalue weighted by Gasteiger charge is -2.14. The van der Waals surface area contributed by atoms with Crippen molar-refractivity contribution in [3.63, 3.8) is 0 Å². The van der Waals surface area contributed by atoms with Crippen molar-refractivity contribution in [1.29, 1.82) is 0 Å². The Morgan fingerprint density at radius 3 is 2.29 bits per heavy atom. The van der Waals surface area contributed by atoms with Gasteiger partial charge in [0.25, 0.3) is 11.8 Å². The van der Waals surface area contributed by atoms with Crippen LogP contribution >= 0.6 is 27.7 Å². The minimum Gasteiger partial charge on any atom is -0.320 e. The number of amidine groups is 1. The van der Waals surface area contributed by atoms with Crippen molar-refractivity contribution in [3.05, 3.63) is 98.9 Å². The number of nitrogens with zero attached hydrogens (tertiary/aromatic N) is 3. The van der Waals surface area contributed by atoms with E-state index < -0.39 is 17.6 Å². The van der Waals surface area contributed by atoms with Gasteiger partial charge >= 0.3 is 0 Å². The molecule has 1 N–H and O–H groups in total. The molecule has 2 amide bonds. The third-order valence-electron chi connectivity index (χ3n) is 4.99. The van der Waals surface area contributed by atoms with E-state index in [4.69, 9.17) is 0 Å². The fourth-order valence-electron chi connectivity index (χ4n) is 3.39. The summed E-state index contributed by atoms with van der Waals surface area (Å²) < 4.78 is 27.5. The van der Waals surface area contributed by atoms with E-state index in [0.29, 0.717) is 27.4 Å². The number of nitrogens with one attached hydrogen (secondary N) is 1. The van der Waals surface area contributed by atoms with Gasteiger partial charge in [0.1, 0.15) is 11.6 Å². The summed E-state index contributed by atoms with van der Waals surface area (Å²) in [5.74, 6) is -1.66. The second-order valence-electron chi connectivity index (χ2n) is 7.25. The zero-order valence-corrected chi connectivity index (χ0v) is 19.5. The zero-order chi connectivity index (χ0) is 23.8. The van der Waals surface area contributed by atoms with Gasteiger partial charge in [0.15, 0.2) is 5.71 Å². The van der Waals surface area contributed by atoms with Gasteiger partial charge in [-0.25, -0.2) is 8.78 Å². The van der Waals surface area contributed by atoms with Gasteiger partial charge < -0.3 is 5.32 Å². The van der Waals surface area contributed by atoms with Crippen LogP contribution in [0.2, 0.25) is 0 Å². The maximum atomic E-state index is 13.5. The Hall–Kier alpha value is -3.63. The molecule has 0 unspecified atom stereocenters. The molecule has 3 aromatic rings. The monoisotopic (exact) mass is 538 g/mol. The van der Waals surface area contributed by atoms with Crippen LogP contribution in [0.3, 0.4) is 0 Å². The van der Waals surface area contributed by atoms with Gasteiger partial charge in [0, 0.05) is 10.0 Å². The molecule has 168 valence electrons. The van der Waals surface area contributed by atoms with Crippen molar-refractivity contribution in [1.82, 2.24) is 0 Å². The molecule has 2 heterocycles. The van der Waals surface area contributed by atoms with Crippen LogP contribution < -0.4 is 10.2 Å². The molecule has 1 fully saturated rings. The zero-order valence-electron chi connectivity index (χ0n) is 17.1. The van der Waals surface area contributed by atoms with E-state index >= 15 is 0 Å². The molecule has 0 spiro atoms. The SMILES string of the molecule is O=C1Nc2ccc(Br)cc2C1=NN=C1SC(=Cc2ccc(F)cc2)C(=O)N1c1ccc(F)cc1. The maximum Gasteiger partial charge on any atom is 0.276 e. The van der Waals surface area contributed by atoms with Crippen molar-refractivity contribution in [2.24, 2.45) is 10.2 Å². The number of halogens is 3. The van der Waals surface area contributed by atoms with Crippen molar-refractivity contribution in [2.75, 3.05) is 10.2 Å². The number of thioether (sulfide) groups is 1. The lowest BCUT2D eigenvalue weighted by atomic mass is 10.1. The number of carbonyl (C=O) groups is 2. The molecule has 0 saturated carbocycles. The Balaban J connectivity index is 1.57. The van der Waals surface area contributed by atoms with Crippen molar-refractivity contribution in [2.45, 2.75) is 0 Å². The first-order valence-electron chi connectivity index (χ1n) is 9.91. The molecule has 5 rings (SSSR count). The predicted octanol–water partition coefficient (Wildman–Crippen LogP) is 5.56. The smallest absolute Gasteiger partial charge is 0.276 e. The van der Waals surface area contributed by atoms with Gasteiger partial charge in [0.05, 0.1) is 16.3 Å². The highest BCUT2D eigenvalue weighted by molar-refractivity contribution is 9.10. The molecule has 0 bridgehead atoms. The minimum absolute atomic E-state index is 0.104. The lowest BCUT2D eigenvalue weighted by molar-refractivity contribution is -0.113. The molecule has 3 aromatic carbocycles. The summed E-state index contributed by atoms with van der Waals surface area (Å²) >= 11 is 4.42. The second-order valence-corrected chi connectivity index (χ2v) is 9.18. The third kappa shape index (κ3) is 4.29. The van der Waals surface area contributed by atoms with Crippen LogP contribution in [0.1, 0.15) is 11.1 Å². The van der Waals surface area contributed by atoms with Crippen LogP contribution in [-0.2, 0) is 9.59 Å². The van der Waals surface area contributed by atoms with Crippen molar-refractivity contribution in [3.8, 4) is 0 Å². The quantitative estimate of drug-likeness (QED) is 0.350. The molecule has 0 atom stereocenters. The number of rotatable bonds is 3. The lowest BCUT2D eigenvalue weighted by Crippen LogP contribution is -2.28. The molecule has 2 aliphatic heterocycles. The molecule has 0 aliphatic carbocycles. The van der Waals surface area contributed by atoms with Gasteiger partial charge in [-0.2, -0.15) is 0 Å². The summed E-state index contributed by atoms with van der Waals surface area (Å²) in [4.78, 5) is 27.3. The van der Waals surface area contributed by atoms with Crippen LogP contribution in [-0.4, -0.2) is 22.7 Å². The Morgan fingerprint density at radius 1 is 0.912 bits per heavy atom. The van der Waals surface area contributed by atoms with Crippen LogP contribution in [0.15, 0.2) is 86.3 Å². The number of hydrogen-bond donors (Lipinski definition) is 1. The van der Waals surface area contributed by atoms with E-state index in [0.717, 1.165) is 16.2 Å². The van der Waals surface area contributed by atoms with E-state index in [1.165, 1.54) is 41.3 Å². The Morgan fingerprint density at radius 2 is 1.59 bits per heavy atom. The standard InChI is InChI=1S/C24H13BrF2N4O2S/c25-14-3-10-19-18(12-14)21(22(32)28-19)29-30-24-31(17-8-6-16(27)7-9-17)23(33)20(34-24)11-13-1-4-15(26)5-2-13/h1-12H,(H,28,29,32). The highest BCUT2D eigenvalue weighted by atomic mass is 79.9. The average Bonchev–Trinajstić information content (AvgIpc) is 3.29. The normalized spacial score (nSPS) is 18.8. The molecule has 10 heteroatoms. The first kappa shape index (κ1) is 22.2. The predicted molar refractivity (Wildman–Crippen MR) is 133 cm³/mol. The molecule has 1 saturated heterocycles. The second kappa shape index (κ2) is 8.96. The summed E-state index contributed by atoms with van der Waals surface area (Å²) in [5.41, 5.74) is 2.30. The number of benzene rings is 3. The topological polar surface area (TPSA) is 74.1 Å². The molecule has 6 nitrogen and oxygen atoms in total. The van der Waals surface area contributed by atoms with Gasteiger partial charge in [-0.3, -0.25) is 14.5 Å². The van der Waals surface area contributed by atoms with Crippen molar-refractivity contribution < 1.29 is 18.4 Å². The highest BCUT2D eigenvalue weighted by Crippen LogP contribution is 2.36. The maximum absolute atomic E-state index is 13.5. The van der Waals surface area contributed by atoms with E-state index in [-0.39, 0.29) is 16.7 Å². The molecule has 34 heavy (non-hydrogen) atoms. The van der Waals surface area contributed by atoms with E-state index in [9.17, 15) is 18.4 Å². The van der Waals surface area contributed by atoms with E-state index in [1.807, 2.05) is 0 Å². The van der Waals surface area contributed by atoms with Crippen LogP contribution in [0, 0.1) is 11.6 Å². The Kier molecular flexibility index (Phi) is 5.84. The number of fused-ring (bicyclic) bond motifs is 1. The fourth-order valence-corrected chi connectivity index (χ4v) is 4.68. The van der Waals surface area contributed by atoms with Crippen LogP contribution in [0.25, 0.3) is 6.08 Å². The minimum atomic E-state index is -0.450.